The largest absolute Gasteiger partial charge is 0.361 e. The monoisotopic (exact) mass is 327 g/mol. The van der Waals surface area contributed by atoms with E-state index in [9.17, 15) is 4.79 Å². The minimum absolute atomic E-state index is 0.101. The standard InChI is InChI=1S/C17H14BrNO/c18-13-6-7-15-16(11-19-17(15)10-13)14(8-9-20)12-4-2-1-3-5-12/h1-7,9-11,14,19H,8H2/t14-/m0/s1. The normalized spacial score (nSPS) is 12.4. The van der Waals surface area contributed by atoms with E-state index in [-0.39, 0.29) is 5.92 Å². The number of aldehydes is 1. The lowest BCUT2D eigenvalue weighted by Crippen LogP contribution is -2.01. The molecular weight excluding hydrogens is 314 g/mol. The molecule has 0 unspecified atom stereocenters. The SMILES string of the molecule is O=CC[C@@H](c1ccccc1)c1c[nH]c2cc(Br)ccc12. The van der Waals surface area contributed by atoms with Gasteiger partial charge in [0.05, 0.1) is 0 Å². The van der Waals surface area contributed by atoms with Crippen LogP contribution in [-0.4, -0.2) is 11.3 Å². The molecule has 1 atom stereocenters. The maximum Gasteiger partial charge on any atom is 0.120 e. The van der Waals surface area contributed by atoms with E-state index in [0.29, 0.717) is 6.42 Å². The predicted molar refractivity (Wildman–Crippen MR) is 85.0 cm³/mol. The molecule has 0 aliphatic carbocycles. The number of aromatic nitrogens is 1. The van der Waals surface area contributed by atoms with Gasteiger partial charge in [-0.2, -0.15) is 0 Å². The molecule has 1 aromatic heterocycles. The highest BCUT2D eigenvalue weighted by atomic mass is 79.9. The number of carbonyl (C=O) groups excluding carboxylic acids is 1. The molecule has 3 heteroatoms. The third-order valence-electron chi connectivity index (χ3n) is 3.59. The van der Waals surface area contributed by atoms with Crippen molar-refractivity contribution in [2.75, 3.05) is 0 Å². The van der Waals surface area contributed by atoms with Crippen molar-refractivity contribution in [3.63, 3.8) is 0 Å². The van der Waals surface area contributed by atoms with Crippen LogP contribution in [-0.2, 0) is 4.79 Å². The van der Waals surface area contributed by atoms with Crippen LogP contribution in [0.1, 0.15) is 23.5 Å². The van der Waals surface area contributed by atoms with Gasteiger partial charge in [-0.1, -0.05) is 52.3 Å². The maximum atomic E-state index is 11.1. The molecule has 0 amide bonds. The topological polar surface area (TPSA) is 32.9 Å². The molecule has 1 N–H and O–H groups in total. The van der Waals surface area contributed by atoms with Crippen LogP contribution >= 0.6 is 15.9 Å². The number of hydrogen-bond acceptors (Lipinski definition) is 1. The fourth-order valence-electron chi connectivity index (χ4n) is 2.63. The Balaban J connectivity index is 2.12. The van der Waals surface area contributed by atoms with Crippen LogP contribution in [0.15, 0.2) is 59.2 Å². The van der Waals surface area contributed by atoms with Crippen LogP contribution in [0.2, 0.25) is 0 Å². The van der Waals surface area contributed by atoms with Crippen molar-refractivity contribution in [2.45, 2.75) is 12.3 Å². The first-order valence-corrected chi connectivity index (χ1v) is 7.34. The molecule has 0 bridgehead atoms. The molecule has 3 aromatic rings. The highest BCUT2D eigenvalue weighted by molar-refractivity contribution is 9.10. The van der Waals surface area contributed by atoms with E-state index in [1.807, 2.05) is 30.5 Å². The Hall–Kier alpha value is -1.87. The van der Waals surface area contributed by atoms with Gasteiger partial charge in [0.25, 0.3) is 0 Å². The van der Waals surface area contributed by atoms with E-state index < -0.39 is 0 Å². The van der Waals surface area contributed by atoms with E-state index in [0.717, 1.165) is 16.3 Å². The molecule has 2 aromatic carbocycles. The number of carbonyl (C=O) groups is 1. The number of nitrogens with one attached hydrogen (secondary N) is 1. The van der Waals surface area contributed by atoms with E-state index in [1.165, 1.54) is 16.5 Å². The Kier molecular flexibility index (Phi) is 3.70. The molecular formula is C17H14BrNO. The molecule has 0 spiro atoms. The smallest absolute Gasteiger partial charge is 0.120 e. The summed E-state index contributed by atoms with van der Waals surface area (Å²) < 4.78 is 1.05. The molecule has 0 radical (unpaired) electrons. The summed E-state index contributed by atoms with van der Waals surface area (Å²) in [5, 5.41) is 1.17. The van der Waals surface area contributed by atoms with Gasteiger partial charge in [0, 0.05) is 33.9 Å². The van der Waals surface area contributed by atoms with E-state index in [1.54, 1.807) is 0 Å². The van der Waals surface area contributed by atoms with Gasteiger partial charge < -0.3 is 9.78 Å². The van der Waals surface area contributed by atoms with Gasteiger partial charge >= 0.3 is 0 Å². The van der Waals surface area contributed by atoms with E-state index >= 15 is 0 Å². The molecule has 3 rings (SSSR count). The summed E-state index contributed by atoms with van der Waals surface area (Å²) in [5.74, 6) is 0.101. The lowest BCUT2D eigenvalue weighted by Gasteiger charge is -2.14. The number of halogens is 1. The fourth-order valence-corrected chi connectivity index (χ4v) is 2.99. The molecule has 0 aliphatic rings. The van der Waals surface area contributed by atoms with E-state index in [4.69, 9.17) is 0 Å². The van der Waals surface area contributed by atoms with Crippen LogP contribution in [0.5, 0.6) is 0 Å². The van der Waals surface area contributed by atoms with Crippen molar-refractivity contribution in [2.24, 2.45) is 0 Å². The van der Waals surface area contributed by atoms with Crippen molar-refractivity contribution in [1.29, 1.82) is 0 Å². The van der Waals surface area contributed by atoms with Gasteiger partial charge in [-0.3, -0.25) is 0 Å². The van der Waals surface area contributed by atoms with Crippen LogP contribution in [0.3, 0.4) is 0 Å². The zero-order valence-corrected chi connectivity index (χ0v) is 12.4. The van der Waals surface area contributed by atoms with Crippen LogP contribution in [0, 0.1) is 0 Å². The minimum atomic E-state index is 0.101. The highest BCUT2D eigenvalue weighted by Gasteiger charge is 2.17. The molecule has 0 fully saturated rings. The first-order chi connectivity index (χ1) is 9.79. The lowest BCUT2D eigenvalue weighted by molar-refractivity contribution is -0.108. The Morgan fingerprint density at radius 2 is 1.95 bits per heavy atom. The number of aromatic amines is 1. The average molecular weight is 328 g/mol. The van der Waals surface area contributed by atoms with Gasteiger partial charge in [-0.15, -0.1) is 0 Å². The van der Waals surface area contributed by atoms with Crippen molar-refractivity contribution < 1.29 is 4.79 Å². The van der Waals surface area contributed by atoms with Crippen molar-refractivity contribution in [1.82, 2.24) is 4.98 Å². The van der Waals surface area contributed by atoms with Gasteiger partial charge in [0.15, 0.2) is 0 Å². The van der Waals surface area contributed by atoms with Crippen molar-refractivity contribution >= 4 is 33.1 Å². The van der Waals surface area contributed by atoms with Gasteiger partial charge in [-0.25, -0.2) is 0 Å². The number of hydrogen-bond donors (Lipinski definition) is 1. The second-order valence-corrected chi connectivity index (χ2v) is 5.72. The zero-order chi connectivity index (χ0) is 13.9. The first-order valence-electron chi connectivity index (χ1n) is 6.54. The van der Waals surface area contributed by atoms with Gasteiger partial charge in [0.2, 0.25) is 0 Å². The number of H-pyrrole nitrogens is 1. The zero-order valence-electron chi connectivity index (χ0n) is 10.8. The Labute approximate surface area is 126 Å². The van der Waals surface area contributed by atoms with Crippen molar-refractivity contribution in [3.05, 3.63) is 70.3 Å². The predicted octanol–water partition coefficient (Wildman–Crippen LogP) is 4.65. The quantitative estimate of drug-likeness (QED) is 0.695. The Morgan fingerprint density at radius 1 is 1.15 bits per heavy atom. The Morgan fingerprint density at radius 3 is 2.70 bits per heavy atom. The molecule has 0 saturated heterocycles. The summed E-state index contributed by atoms with van der Waals surface area (Å²) in [6.45, 7) is 0. The van der Waals surface area contributed by atoms with Gasteiger partial charge in [-0.05, 0) is 23.3 Å². The second kappa shape index (κ2) is 5.63. The van der Waals surface area contributed by atoms with E-state index in [2.05, 4.69) is 45.2 Å². The van der Waals surface area contributed by atoms with Gasteiger partial charge in [0.1, 0.15) is 6.29 Å². The molecule has 0 saturated carbocycles. The summed E-state index contributed by atoms with van der Waals surface area (Å²) in [6.07, 6.45) is 3.50. The average Bonchev–Trinajstić information content (AvgIpc) is 2.88. The minimum Gasteiger partial charge on any atom is -0.361 e. The molecule has 100 valence electrons. The summed E-state index contributed by atoms with van der Waals surface area (Å²) in [7, 11) is 0. The molecule has 2 nitrogen and oxygen atoms in total. The fraction of sp³-hybridized carbons (Fsp3) is 0.118. The van der Waals surface area contributed by atoms with Crippen LogP contribution in [0.4, 0.5) is 0 Å². The number of rotatable bonds is 4. The summed E-state index contributed by atoms with van der Waals surface area (Å²) >= 11 is 3.48. The highest BCUT2D eigenvalue weighted by Crippen LogP contribution is 2.33. The van der Waals surface area contributed by atoms with Crippen LogP contribution in [0.25, 0.3) is 10.9 Å². The number of fused-ring (bicyclic) bond motifs is 1. The maximum absolute atomic E-state index is 11.1. The number of benzene rings is 2. The Bertz CT molecular complexity index is 733. The second-order valence-electron chi connectivity index (χ2n) is 4.80. The van der Waals surface area contributed by atoms with Crippen molar-refractivity contribution in [3.8, 4) is 0 Å². The summed E-state index contributed by atoms with van der Waals surface area (Å²) in [5.41, 5.74) is 3.43. The molecule has 1 heterocycles. The summed E-state index contributed by atoms with van der Waals surface area (Å²) in [6, 6.07) is 16.3. The third-order valence-corrected chi connectivity index (χ3v) is 4.08. The molecule has 0 aliphatic heterocycles. The van der Waals surface area contributed by atoms with Crippen LogP contribution < -0.4 is 0 Å². The summed E-state index contributed by atoms with van der Waals surface area (Å²) in [4.78, 5) is 14.3. The first kappa shape index (κ1) is 13.1. The molecule has 20 heavy (non-hydrogen) atoms. The third kappa shape index (κ3) is 2.41. The lowest BCUT2D eigenvalue weighted by atomic mass is 9.89.